The number of nitrogens with one attached hydrogen (secondary N) is 10. The third-order valence-electron chi connectivity index (χ3n) is 24.4. The molecule has 0 unspecified atom stereocenters. The molecule has 0 fully saturated rings. The molecular formula is C118H170N10O16. The molecule has 0 atom stereocenters. The van der Waals surface area contributed by atoms with Crippen LogP contribution in [0.25, 0.3) is 0 Å². The van der Waals surface area contributed by atoms with E-state index in [1.165, 1.54) is 154 Å². The summed E-state index contributed by atoms with van der Waals surface area (Å²) in [6.07, 6.45) is 38.5. The predicted octanol–water partition coefficient (Wildman–Crippen LogP) is 31.2. The topological polar surface area (TPSA) is 315 Å². The molecule has 8 aromatic carbocycles. The van der Waals surface area contributed by atoms with Gasteiger partial charge < -0.3 is 101 Å². The molecule has 9 rings (SSSR count). The van der Waals surface area contributed by atoms with Crippen LogP contribution in [0.2, 0.25) is 0 Å². The Kier molecular flexibility index (Phi) is 52.2. The van der Waals surface area contributed by atoms with E-state index in [0.29, 0.717) is 188 Å². The van der Waals surface area contributed by atoms with Gasteiger partial charge in [0, 0.05) is 129 Å². The zero-order valence-corrected chi connectivity index (χ0v) is 88.7. The number of benzene rings is 8. The zero-order chi connectivity index (χ0) is 103. The van der Waals surface area contributed by atoms with Crippen LogP contribution in [0, 0.1) is 0 Å². The van der Waals surface area contributed by atoms with Crippen LogP contribution in [0.3, 0.4) is 0 Å². The van der Waals surface area contributed by atoms with Crippen molar-refractivity contribution in [2.24, 2.45) is 0 Å². The molecule has 0 saturated heterocycles. The predicted molar refractivity (Wildman–Crippen MR) is 586 cm³/mol. The van der Waals surface area contributed by atoms with Crippen LogP contribution in [-0.2, 0) is 35.2 Å². The lowest BCUT2D eigenvalue weighted by atomic mass is 9.90. The molecule has 0 spiro atoms. The summed E-state index contributed by atoms with van der Waals surface area (Å²) in [5, 5.41) is 31.0. The molecule has 10 N–H and O–H groups in total. The summed E-state index contributed by atoms with van der Waals surface area (Å²) in [4.78, 5) is 86.5. The number of urea groups is 4. The van der Waals surface area contributed by atoms with Gasteiger partial charge in [-0.25, -0.2) is 28.8 Å². The first kappa shape index (κ1) is 115. The quantitative estimate of drug-likeness (QED) is 0.0158. The van der Waals surface area contributed by atoms with E-state index in [4.69, 9.17) is 47.4 Å². The number of anilines is 8. The smallest absolute Gasteiger partial charge is 0.407 e. The van der Waals surface area contributed by atoms with Crippen LogP contribution < -0.4 is 91.1 Å². The van der Waals surface area contributed by atoms with Crippen LogP contribution in [-0.4, -0.2) is 113 Å². The number of rotatable bonds is 64. The van der Waals surface area contributed by atoms with Gasteiger partial charge in [0.25, 0.3) is 0 Å². The second kappa shape index (κ2) is 65.2. The molecule has 0 radical (unpaired) electrons. The summed E-state index contributed by atoms with van der Waals surface area (Å²) >= 11 is 0. The molecule has 1 aliphatic carbocycles. The Morgan fingerprint density at radius 1 is 0.215 bits per heavy atom. The van der Waals surface area contributed by atoms with E-state index in [2.05, 4.69) is 80.9 Å². The molecule has 0 aliphatic heterocycles. The van der Waals surface area contributed by atoms with Gasteiger partial charge >= 0.3 is 36.3 Å². The van der Waals surface area contributed by atoms with Gasteiger partial charge in [-0.05, 0) is 239 Å². The molecule has 10 amide bonds. The van der Waals surface area contributed by atoms with Crippen molar-refractivity contribution in [2.75, 3.05) is 108 Å². The Hall–Kier alpha value is -12.2. The van der Waals surface area contributed by atoms with E-state index >= 15 is 0 Å². The highest BCUT2D eigenvalue weighted by atomic mass is 16.6. The minimum Gasteiger partial charge on any atom is -0.494 e. The Morgan fingerprint density at radius 3 is 0.590 bits per heavy atom. The number of hydrogen-bond donors (Lipinski definition) is 10. The Labute approximate surface area is 859 Å². The molecule has 0 heterocycles. The highest BCUT2D eigenvalue weighted by molar-refractivity contribution is 6.03. The van der Waals surface area contributed by atoms with Gasteiger partial charge in [-0.15, -0.1) is 0 Å². The molecule has 0 aromatic heterocycles. The lowest BCUT2D eigenvalue weighted by molar-refractivity contribution is 0.0513. The Bertz CT molecular complexity index is 4700. The van der Waals surface area contributed by atoms with E-state index in [1.54, 1.807) is 41.5 Å². The minimum atomic E-state index is -0.756. The van der Waals surface area contributed by atoms with Crippen LogP contribution in [0.1, 0.15) is 359 Å². The number of ether oxygens (including phenoxy) is 10. The third kappa shape index (κ3) is 45.4. The van der Waals surface area contributed by atoms with Crippen molar-refractivity contribution in [2.45, 2.75) is 351 Å². The van der Waals surface area contributed by atoms with Crippen LogP contribution in [0.5, 0.6) is 46.0 Å². The molecule has 8 bridgehead atoms. The highest BCUT2D eigenvalue weighted by Gasteiger charge is 2.28. The number of amides is 10. The van der Waals surface area contributed by atoms with E-state index in [0.717, 1.165) is 51.4 Å². The van der Waals surface area contributed by atoms with Crippen molar-refractivity contribution in [1.29, 1.82) is 0 Å². The fourth-order valence-corrected chi connectivity index (χ4v) is 17.2. The average Bonchev–Trinajstić information content (AvgIpc) is 0.768. The summed E-state index contributed by atoms with van der Waals surface area (Å²) in [5.74, 6) is 4.54. The van der Waals surface area contributed by atoms with Gasteiger partial charge in [-0.3, -0.25) is 0 Å². The first-order chi connectivity index (χ1) is 69.8. The molecule has 788 valence electrons. The lowest BCUT2D eigenvalue weighted by Crippen LogP contribution is -2.33. The summed E-state index contributed by atoms with van der Waals surface area (Å²) in [7, 11) is 0. The van der Waals surface area contributed by atoms with Gasteiger partial charge in [0.1, 0.15) is 57.2 Å². The maximum Gasteiger partial charge on any atom is 0.407 e. The first-order valence-corrected chi connectivity index (χ1v) is 54.2. The minimum absolute atomic E-state index is 0.0333. The molecule has 26 heteroatoms. The SMILES string of the molecule is CCCCCCCCCCOc1ccc(NC(=O)Nc2cc3c(OCCC)c(c2)Cc2cc(NC(=O)Nc4ccc(OCCCCCCCCCC)cc4)cc(c2OCCCNC(=O)OC(C)(C)C)Cc2cc(NC(=O)Nc4ccc(OCCCCCCCCCC)cc4)cc(c2OCCC)Cc2cc(NC(=O)Nc4ccc(OCCCCCCCCCC)cc4)cc(c2OCCCNC(=O)OC(C)(C)C)C3)cc1. The monoisotopic (exact) mass is 1980 g/mol. The fraction of sp³-hybridized carbons (Fsp3) is 0.542. The molecule has 0 saturated carbocycles. The Morgan fingerprint density at radius 2 is 0.396 bits per heavy atom. The number of carbonyl (C=O) groups is 6. The van der Waals surface area contributed by atoms with Crippen molar-refractivity contribution in [3.63, 3.8) is 0 Å². The van der Waals surface area contributed by atoms with E-state index in [-0.39, 0.29) is 65.2 Å². The standard InChI is InChI=1S/C118H170N10O16/c1-13-19-23-27-31-35-39-43-69-135-103-57-49-95(50-58-103)121-111(129)125-99-79-87-75-91-83-101(127-113(131)123-97-53-61-105(62-54-97)137-71-45-41-37-33-29-25-21-15-3)85-93(109(91)141-73-47-65-119-115(133)143-117(7,8)9)77-89-81-100(126-112(130)122-96-51-59-104(60-52-96)136-70-44-40-36-32-28-24-20-14-2)82-90(108(89)140-68-18-6)78-94-86-102(128-114(132)124-98-55-63-106(64-56-98)138-72-46-42-38-34-30-26-22-16-4)84-92(76-88(80-99)107(87)139-67-17-5)110(94)142-74-48-66-120-116(134)144-118(10,11)12/h49-64,79-86H,13-48,65-78H2,1-12H3,(H,119,133)(H,120,134)(H2,121,125,129)(H2,122,126,130)(H2,123,127,131)(H2,124,128,132). The summed E-state index contributed by atoms with van der Waals surface area (Å²) in [6.45, 7) is 27.1. The molecule has 26 nitrogen and oxygen atoms in total. The largest absolute Gasteiger partial charge is 0.494 e. The van der Waals surface area contributed by atoms with E-state index < -0.39 is 47.5 Å². The van der Waals surface area contributed by atoms with Crippen molar-refractivity contribution >= 4 is 81.8 Å². The summed E-state index contributed by atoms with van der Waals surface area (Å²) in [5.41, 5.74) is 6.76. The second-order valence-corrected chi connectivity index (χ2v) is 39.9. The Balaban J connectivity index is 1.20. The lowest BCUT2D eigenvalue weighted by Gasteiger charge is -2.25. The van der Waals surface area contributed by atoms with Crippen molar-refractivity contribution < 1.29 is 76.1 Å². The average molecular weight is 1980 g/mol. The number of unbranched alkanes of at least 4 members (excludes halogenated alkanes) is 28. The zero-order valence-electron chi connectivity index (χ0n) is 88.7. The van der Waals surface area contributed by atoms with E-state index in [1.807, 2.05) is 159 Å². The van der Waals surface area contributed by atoms with Gasteiger partial charge in [0.05, 0.1) is 52.9 Å². The molecular weight excluding hydrogens is 1810 g/mol. The number of fused-ring (bicyclic) bond motifs is 8. The number of carbonyl (C=O) groups excluding carboxylic acids is 6. The first-order valence-electron chi connectivity index (χ1n) is 54.2. The number of hydrogen-bond acceptors (Lipinski definition) is 16. The summed E-state index contributed by atoms with van der Waals surface area (Å²) in [6, 6.07) is 42.1. The van der Waals surface area contributed by atoms with Crippen LogP contribution in [0.15, 0.2) is 146 Å². The summed E-state index contributed by atoms with van der Waals surface area (Å²) < 4.78 is 64.9. The van der Waals surface area contributed by atoms with E-state index in [9.17, 15) is 28.8 Å². The third-order valence-corrected chi connectivity index (χ3v) is 24.4. The van der Waals surface area contributed by atoms with Crippen LogP contribution in [0.4, 0.5) is 74.3 Å². The van der Waals surface area contributed by atoms with Gasteiger partial charge in [0.2, 0.25) is 0 Å². The maximum absolute atomic E-state index is 15.0. The van der Waals surface area contributed by atoms with Crippen molar-refractivity contribution in [1.82, 2.24) is 10.6 Å². The normalized spacial score (nSPS) is 11.7. The fourth-order valence-electron chi connectivity index (χ4n) is 17.2. The number of alkyl carbamates (subject to hydrolysis) is 2. The second-order valence-electron chi connectivity index (χ2n) is 39.9. The van der Waals surface area contributed by atoms with Crippen LogP contribution >= 0.6 is 0 Å². The molecule has 144 heavy (non-hydrogen) atoms. The van der Waals surface area contributed by atoms with Gasteiger partial charge in [0.15, 0.2) is 0 Å². The van der Waals surface area contributed by atoms with Gasteiger partial charge in [-0.1, -0.05) is 221 Å². The molecule has 1 aliphatic rings. The van der Waals surface area contributed by atoms with Crippen molar-refractivity contribution in [3.8, 4) is 46.0 Å². The van der Waals surface area contributed by atoms with Crippen molar-refractivity contribution in [3.05, 3.63) is 190 Å². The molecule has 8 aromatic rings. The maximum atomic E-state index is 15.0. The van der Waals surface area contributed by atoms with Gasteiger partial charge in [-0.2, -0.15) is 0 Å². The highest BCUT2D eigenvalue weighted by Crippen LogP contribution is 2.44.